The molecule has 106 valence electrons. The number of carbonyl (C=O) groups is 1. The first-order valence-corrected chi connectivity index (χ1v) is 7.41. The van der Waals surface area contributed by atoms with E-state index < -0.39 is 0 Å². The highest BCUT2D eigenvalue weighted by atomic mass is 16.6. The Hall–Kier alpha value is -0.870. The highest BCUT2D eigenvalue weighted by Gasteiger charge is 2.44. The van der Waals surface area contributed by atoms with Crippen LogP contribution in [0.4, 0.5) is 0 Å². The minimum absolute atomic E-state index is 0.0744. The average Bonchev–Trinajstić information content (AvgIpc) is 2.96. The Balaban J connectivity index is 1.55. The maximum absolute atomic E-state index is 11.2. The predicted molar refractivity (Wildman–Crippen MR) is 69.4 cm³/mol. The van der Waals surface area contributed by atoms with Gasteiger partial charge < -0.3 is 14.6 Å². The molecule has 0 amide bonds. The van der Waals surface area contributed by atoms with E-state index in [4.69, 9.17) is 9.47 Å². The Labute approximate surface area is 113 Å². The van der Waals surface area contributed by atoms with Crippen molar-refractivity contribution < 1.29 is 19.4 Å². The second-order valence-electron chi connectivity index (χ2n) is 5.97. The molecule has 1 unspecified atom stereocenters. The van der Waals surface area contributed by atoms with Gasteiger partial charge in [0.1, 0.15) is 6.10 Å². The Morgan fingerprint density at radius 1 is 1.26 bits per heavy atom. The molecule has 1 N–H and O–H groups in total. The smallest absolute Gasteiger partial charge is 0.306 e. The molecule has 0 aromatic rings. The van der Waals surface area contributed by atoms with Crippen molar-refractivity contribution in [2.45, 2.75) is 56.8 Å². The molecule has 4 nitrogen and oxygen atoms in total. The molecule has 0 aromatic heterocycles. The Bertz CT molecular complexity index is 359. The monoisotopic (exact) mass is 266 g/mol. The summed E-state index contributed by atoms with van der Waals surface area (Å²) in [6, 6.07) is 0. The summed E-state index contributed by atoms with van der Waals surface area (Å²) < 4.78 is 10.8. The van der Waals surface area contributed by atoms with E-state index in [9.17, 15) is 9.90 Å². The van der Waals surface area contributed by atoms with Crippen LogP contribution < -0.4 is 0 Å². The van der Waals surface area contributed by atoms with Crippen LogP contribution in [0.3, 0.4) is 0 Å². The molecule has 2 aliphatic heterocycles. The first-order valence-electron chi connectivity index (χ1n) is 7.41. The average molecular weight is 266 g/mol. The minimum Gasteiger partial charge on any atom is -0.459 e. The van der Waals surface area contributed by atoms with Crippen LogP contribution in [0.2, 0.25) is 0 Å². The highest BCUT2D eigenvalue weighted by molar-refractivity contribution is 5.72. The Kier molecular flexibility index (Phi) is 3.89. The fraction of sp³-hybridized carbons (Fsp3) is 0.800. The third-order valence-corrected chi connectivity index (χ3v) is 4.67. The van der Waals surface area contributed by atoms with Crippen molar-refractivity contribution in [2.75, 3.05) is 6.61 Å². The molecule has 3 fully saturated rings. The van der Waals surface area contributed by atoms with Crippen LogP contribution in [-0.4, -0.2) is 36.0 Å². The van der Waals surface area contributed by atoms with Crippen LogP contribution in [0.25, 0.3) is 0 Å². The maximum atomic E-state index is 11.2. The van der Waals surface area contributed by atoms with Gasteiger partial charge in [-0.3, -0.25) is 4.79 Å². The molecule has 4 atom stereocenters. The quantitative estimate of drug-likeness (QED) is 0.625. The fourth-order valence-electron chi connectivity index (χ4n) is 3.50. The molecule has 2 saturated heterocycles. The standard InChI is InChI=1S/C15H22O4/c16-12(10-4-2-1-3-5-10)6-7-13-11-8-15(17)19-14(11)9-18-13/h6-7,10-14,16H,1-5,8-9H2/b7-6+/t11-,12?,13-,14+/m1/s1. The first kappa shape index (κ1) is 13.1. The molecule has 3 rings (SSSR count). The van der Waals surface area contributed by atoms with Gasteiger partial charge in [-0.25, -0.2) is 0 Å². The third kappa shape index (κ3) is 2.84. The van der Waals surface area contributed by atoms with Gasteiger partial charge in [-0.05, 0) is 18.8 Å². The number of hydrogen-bond donors (Lipinski definition) is 1. The van der Waals surface area contributed by atoms with Crippen molar-refractivity contribution in [3.05, 3.63) is 12.2 Å². The molecule has 2 heterocycles. The minimum atomic E-state index is -0.374. The zero-order valence-corrected chi connectivity index (χ0v) is 11.2. The van der Waals surface area contributed by atoms with Crippen molar-refractivity contribution in [1.29, 1.82) is 0 Å². The van der Waals surface area contributed by atoms with E-state index >= 15 is 0 Å². The van der Waals surface area contributed by atoms with Gasteiger partial charge in [-0.1, -0.05) is 31.4 Å². The van der Waals surface area contributed by atoms with Gasteiger partial charge in [0.2, 0.25) is 0 Å². The molecule has 0 spiro atoms. The number of hydrogen-bond acceptors (Lipinski definition) is 4. The second-order valence-corrected chi connectivity index (χ2v) is 5.97. The summed E-state index contributed by atoms with van der Waals surface area (Å²) in [7, 11) is 0. The third-order valence-electron chi connectivity index (χ3n) is 4.67. The van der Waals surface area contributed by atoms with E-state index in [2.05, 4.69) is 0 Å². The summed E-state index contributed by atoms with van der Waals surface area (Å²) in [5, 5.41) is 10.2. The predicted octanol–water partition coefficient (Wildman–Crippen LogP) is 1.81. The van der Waals surface area contributed by atoms with Crippen molar-refractivity contribution in [3.8, 4) is 0 Å². The van der Waals surface area contributed by atoms with Crippen LogP contribution in [0.5, 0.6) is 0 Å². The summed E-state index contributed by atoms with van der Waals surface area (Å²) in [5.74, 6) is 0.412. The first-order chi connectivity index (χ1) is 9.24. The van der Waals surface area contributed by atoms with Crippen LogP contribution in [0.15, 0.2) is 12.2 Å². The van der Waals surface area contributed by atoms with E-state index in [0.717, 1.165) is 12.8 Å². The molecular weight excluding hydrogens is 244 g/mol. The Morgan fingerprint density at radius 2 is 2.05 bits per heavy atom. The highest BCUT2D eigenvalue weighted by Crippen LogP contribution is 2.34. The van der Waals surface area contributed by atoms with Crippen LogP contribution in [0, 0.1) is 11.8 Å². The zero-order valence-electron chi connectivity index (χ0n) is 11.2. The summed E-state index contributed by atoms with van der Waals surface area (Å²) >= 11 is 0. The van der Waals surface area contributed by atoms with Gasteiger partial charge in [-0.15, -0.1) is 0 Å². The molecule has 1 saturated carbocycles. The molecule has 3 aliphatic rings. The van der Waals surface area contributed by atoms with Gasteiger partial charge in [0, 0.05) is 5.92 Å². The van der Waals surface area contributed by atoms with Crippen LogP contribution in [0.1, 0.15) is 38.5 Å². The van der Waals surface area contributed by atoms with E-state index in [0.29, 0.717) is 18.9 Å². The number of rotatable bonds is 3. The number of carbonyl (C=O) groups excluding carboxylic acids is 1. The molecule has 4 heteroatoms. The number of ether oxygens (including phenoxy) is 2. The van der Waals surface area contributed by atoms with Gasteiger partial charge in [0.25, 0.3) is 0 Å². The summed E-state index contributed by atoms with van der Waals surface area (Å²) in [4.78, 5) is 11.2. The molecule has 19 heavy (non-hydrogen) atoms. The Morgan fingerprint density at radius 3 is 2.84 bits per heavy atom. The largest absolute Gasteiger partial charge is 0.459 e. The van der Waals surface area contributed by atoms with E-state index in [1.807, 2.05) is 12.2 Å². The number of aliphatic hydroxyl groups excluding tert-OH is 1. The van der Waals surface area contributed by atoms with Crippen LogP contribution >= 0.6 is 0 Å². The lowest BCUT2D eigenvalue weighted by atomic mass is 9.85. The summed E-state index contributed by atoms with van der Waals surface area (Å²) in [6.45, 7) is 0.491. The van der Waals surface area contributed by atoms with Crippen molar-refractivity contribution in [3.63, 3.8) is 0 Å². The fourth-order valence-corrected chi connectivity index (χ4v) is 3.50. The summed E-state index contributed by atoms with van der Waals surface area (Å²) in [5.41, 5.74) is 0. The molecule has 1 aliphatic carbocycles. The van der Waals surface area contributed by atoms with Crippen LogP contribution in [-0.2, 0) is 14.3 Å². The van der Waals surface area contributed by atoms with Crippen molar-refractivity contribution >= 4 is 5.97 Å². The molecule has 0 bridgehead atoms. The molecule has 0 aromatic carbocycles. The van der Waals surface area contributed by atoms with Gasteiger partial charge in [0.05, 0.1) is 25.2 Å². The number of fused-ring (bicyclic) bond motifs is 1. The van der Waals surface area contributed by atoms with Crippen molar-refractivity contribution in [2.24, 2.45) is 11.8 Å². The lowest BCUT2D eigenvalue weighted by molar-refractivity contribution is -0.142. The normalized spacial score (nSPS) is 37.5. The number of aliphatic hydroxyl groups is 1. The number of esters is 1. The lowest BCUT2D eigenvalue weighted by Crippen LogP contribution is -2.22. The van der Waals surface area contributed by atoms with Gasteiger partial charge >= 0.3 is 5.97 Å². The topological polar surface area (TPSA) is 55.8 Å². The zero-order chi connectivity index (χ0) is 13.2. The maximum Gasteiger partial charge on any atom is 0.306 e. The summed E-state index contributed by atoms with van der Waals surface area (Å²) in [6.07, 6.45) is 9.70. The van der Waals surface area contributed by atoms with Gasteiger partial charge in [-0.2, -0.15) is 0 Å². The SMILES string of the molecule is O=C1C[C@H]2[C@H](CO[C@@H]2/C=C/C(O)C2CCCCC2)O1. The van der Waals surface area contributed by atoms with Gasteiger partial charge in [0.15, 0.2) is 0 Å². The van der Waals surface area contributed by atoms with E-state index in [1.54, 1.807) is 0 Å². The lowest BCUT2D eigenvalue weighted by Gasteiger charge is -2.24. The molecular formula is C15H22O4. The van der Waals surface area contributed by atoms with E-state index in [-0.39, 0.29) is 30.2 Å². The van der Waals surface area contributed by atoms with E-state index in [1.165, 1.54) is 19.3 Å². The van der Waals surface area contributed by atoms with Crippen molar-refractivity contribution in [1.82, 2.24) is 0 Å². The molecule has 0 radical (unpaired) electrons. The second kappa shape index (κ2) is 5.63.